The maximum Gasteiger partial charge on any atom is 0.251 e. The van der Waals surface area contributed by atoms with Gasteiger partial charge >= 0.3 is 0 Å². The van der Waals surface area contributed by atoms with Crippen LogP contribution in [0.25, 0.3) is 0 Å². The van der Waals surface area contributed by atoms with E-state index < -0.39 is 0 Å². The van der Waals surface area contributed by atoms with Crippen LogP contribution in [0, 0.1) is 0 Å². The minimum Gasteiger partial charge on any atom is -0.497 e. The van der Waals surface area contributed by atoms with E-state index in [2.05, 4.69) is 5.32 Å². The number of ether oxygens (including phenoxy) is 3. The zero-order chi connectivity index (χ0) is 19.6. The Bertz CT molecular complexity index is 760. The maximum absolute atomic E-state index is 12.6. The molecule has 0 unspecified atom stereocenters. The van der Waals surface area contributed by atoms with Crippen molar-refractivity contribution >= 4 is 5.91 Å². The highest BCUT2D eigenvalue weighted by Crippen LogP contribution is 2.27. The molecule has 0 aliphatic heterocycles. The van der Waals surface area contributed by atoms with Crippen LogP contribution in [-0.4, -0.2) is 45.5 Å². The average Bonchev–Trinajstić information content (AvgIpc) is 2.71. The Morgan fingerprint density at radius 2 is 1.74 bits per heavy atom. The van der Waals surface area contributed by atoms with E-state index in [0.29, 0.717) is 48.6 Å². The summed E-state index contributed by atoms with van der Waals surface area (Å²) < 4.78 is 15.8. The molecule has 2 rings (SSSR count). The van der Waals surface area contributed by atoms with Gasteiger partial charge < -0.3 is 24.6 Å². The second-order valence-corrected chi connectivity index (χ2v) is 6.05. The Morgan fingerprint density at radius 1 is 0.963 bits per heavy atom. The highest BCUT2D eigenvalue weighted by molar-refractivity contribution is 5.96. The van der Waals surface area contributed by atoms with Gasteiger partial charge in [-0.2, -0.15) is 0 Å². The van der Waals surface area contributed by atoms with Gasteiger partial charge in [-0.05, 0) is 54.7 Å². The molecule has 6 heteroatoms. The van der Waals surface area contributed by atoms with Gasteiger partial charge in [0.25, 0.3) is 5.91 Å². The molecule has 146 valence electrons. The zero-order valence-corrected chi connectivity index (χ0v) is 16.1. The van der Waals surface area contributed by atoms with Crippen LogP contribution >= 0.6 is 0 Å². The van der Waals surface area contributed by atoms with E-state index in [0.717, 1.165) is 11.1 Å². The SMILES string of the molecule is COc1ccc(CCCO)c(C(=O)NCCc2ccc(OC)c(OC)c2)c1. The highest BCUT2D eigenvalue weighted by Gasteiger charge is 2.13. The van der Waals surface area contributed by atoms with Gasteiger partial charge in [0, 0.05) is 18.7 Å². The molecule has 0 aliphatic rings. The molecule has 27 heavy (non-hydrogen) atoms. The average molecular weight is 373 g/mol. The number of carbonyl (C=O) groups excluding carboxylic acids is 1. The van der Waals surface area contributed by atoms with E-state index >= 15 is 0 Å². The fourth-order valence-corrected chi connectivity index (χ4v) is 2.83. The summed E-state index contributed by atoms with van der Waals surface area (Å²) in [6.07, 6.45) is 1.92. The lowest BCUT2D eigenvalue weighted by molar-refractivity contribution is 0.0952. The first-order chi connectivity index (χ1) is 13.1. The summed E-state index contributed by atoms with van der Waals surface area (Å²) in [6, 6.07) is 11.1. The third kappa shape index (κ3) is 5.62. The number of aryl methyl sites for hydroxylation is 1. The largest absolute Gasteiger partial charge is 0.497 e. The van der Waals surface area contributed by atoms with Crippen LogP contribution in [0.5, 0.6) is 17.2 Å². The normalized spacial score (nSPS) is 10.4. The fourth-order valence-electron chi connectivity index (χ4n) is 2.83. The van der Waals surface area contributed by atoms with Crippen molar-refractivity contribution < 1.29 is 24.1 Å². The molecule has 0 fully saturated rings. The van der Waals surface area contributed by atoms with Crippen molar-refractivity contribution in [1.82, 2.24) is 5.32 Å². The van der Waals surface area contributed by atoms with E-state index in [1.54, 1.807) is 27.4 Å². The van der Waals surface area contributed by atoms with Gasteiger partial charge in [0.1, 0.15) is 5.75 Å². The van der Waals surface area contributed by atoms with Gasteiger partial charge in [0.05, 0.1) is 21.3 Å². The molecule has 6 nitrogen and oxygen atoms in total. The summed E-state index contributed by atoms with van der Waals surface area (Å²) in [4.78, 5) is 12.6. The Hall–Kier alpha value is -2.73. The molecular weight excluding hydrogens is 346 g/mol. The zero-order valence-electron chi connectivity index (χ0n) is 16.1. The lowest BCUT2D eigenvalue weighted by atomic mass is 10.0. The topological polar surface area (TPSA) is 77.0 Å². The molecule has 0 saturated heterocycles. The molecule has 0 bridgehead atoms. The minimum atomic E-state index is -0.151. The summed E-state index contributed by atoms with van der Waals surface area (Å²) in [7, 11) is 4.77. The second kappa shape index (κ2) is 10.4. The number of benzene rings is 2. The Balaban J connectivity index is 2.03. The molecule has 1 amide bonds. The first kappa shape index (κ1) is 20.6. The molecule has 0 spiro atoms. The van der Waals surface area contributed by atoms with Crippen LogP contribution in [0.1, 0.15) is 27.9 Å². The van der Waals surface area contributed by atoms with Gasteiger partial charge in [-0.1, -0.05) is 12.1 Å². The monoisotopic (exact) mass is 373 g/mol. The molecule has 0 aromatic heterocycles. The quantitative estimate of drug-likeness (QED) is 0.669. The second-order valence-electron chi connectivity index (χ2n) is 6.05. The number of nitrogens with one attached hydrogen (secondary N) is 1. The Labute approximate surface area is 160 Å². The van der Waals surface area contributed by atoms with Gasteiger partial charge in [0.15, 0.2) is 11.5 Å². The number of amides is 1. The van der Waals surface area contributed by atoms with Crippen molar-refractivity contribution in [2.24, 2.45) is 0 Å². The molecule has 2 aromatic rings. The lowest BCUT2D eigenvalue weighted by Crippen LogP contribution is -2.26. The first-order valence-corrected chi connectivity index (χ1v) is 8.89. The van der Waals surface area contributed by atoms with Crippen LogP contribution in [-0.2, 0) is 12.8 Å². The van der Waals surface area contributed by atoms with Crippen LogP contribution in [0.2, 0.25) is 0 Å². The first-order valence-electron chi connectivity index (χ1n) is 8.89. The molecular formula is C21H27NO5. The number of methoxy groups -OCH3 is 3. The fraction of sp³-hybridized carbons (Fsp3) is 0.381. The van der Waals surface area contributed by atoms with Crippen LogP contribution < -0.4 is 19.5 Å². The van der Waals surface area contributed by atoms with Crippen molar-refractivity contribution in [2.75, 3.05) is 34.5 Å². The number of aliphatic hydroxyl groups excluding tert-OH is 1. The summed E-state index contributed by atoms with van der Waals surface area (Å²) in [6.45, 7) is 0.581. The lowest BCUT2D eigenvalue weighted by Gasteiger charge is -2.13. The van der Waals surface area contributed by atoms with Crippen LogP contribution in [0.3, 0.4) is 0 Å². The summed E-state index contributed by atoms with van der Waals surface area (Å²) in [5.41, 5.74) is 2.52. The van der Waals surface area contributed by atoms with Crippen molar-refractivity contribution in [3.63, 3.8) is 0 Å². The Morgan fingerprint density at radius 3 is 2.41 bits per heavy atom. The van der Waals surface area contributed by atoms with Gasteiger partial charge in [0.2, 0.25) is 0 Å². The summed E-state index contributed by atoms with van der Waals surface area (Å²) in [5, 5.41) is 12.0. The molecule has 0 atom stereocenters. The van der Waals surface area contributed by atoms with E-state index in [-0.39, 0.29) is 12.5 Å². The Kier molecular flexibility index (Phi) is 7.95. The molecule has 2 N–H and O–H groups in total. The number of hydrogen-bond donors (Lipinski definition) is 2. The van der Waals surface area contributed by atoms with E-state index in [1.807, 2.05) is 30.3 Å². The van der Waals surface area contributed by atoms with Crippen molar-refractivity contribution in [3.05, 3.63) is 53.1 Å². The summed E-state index contributed by atoms with van der Waals surface area (Å²) in [5.74, 6) is 1.82. The number of hydrogen-bond acceptors (Lipinski definition) is 5. The van der Waals surface area contributed by atoms with E-state index in [1.165, 1.54) is 0 Å². The maximum atomic E-state index is 12.6. The van der Waals surface area contributed by atoms with Gasteiger partial charge in [-0.25, -0.2) is 0 Å². The smallest absolute Gasteiger partial charge is 0.251 e. The number of rotatable bonds is 10. The van der Waals surface area contributed by atoms with Crippen LogP contribution in [0.15, 0.2) is 36.4 Å². The van der Waals surface area contributed by atoms with Gasteiger partial charge in [-0.3, -0.25) is 4.79 Å². The van der Waals surface area contributed by atoms with E-state index in [9.17, 15) is 4.79 Å². The predicted molar refractivity (Wildman–Crippen MR) is 104 cm³/mol. The molecule has 0 radical (unpaired) electrons. The summed E-state index contributed by atoms with van der Waals surface area (Å²) >= 11 is 0. The van der Waals surface area contributed by atoms with Gasteiger partial charge in [-0.15, -0.1) is 0 Å². The van der Waals surface area contributed by atoms with Crippen molar-refractivity contribution in [1.29, 1.82) is 0 Å². The highest BCUT2D eigenvalue weighted by atomic mass is 16.5. The van der Waals surface area contributed by atoms with E-state index in [4.69, 9.17) is 19.3 Å². The molecule has 2 aromatic carbocycles. The number of aliphatic hydroxyl groups is 1. The number of carbonyl (C=O) groups is 1. The third-order valence-electron chi connectivity index (χ3n) is 4.31. The molecule has 0 saturated carbocycles. The van der Waals surface area contributed by atoms with Crippen molar-refractivity contribution in [3.8, 4) is 17.2 Å². The molecule has 0 heterocycles. The molecule has 0 aliphatic carbocycles. The van der Waals surface area contributed by atoms with Crippen molar-refractivity contribution in [2.45, 2.75) is 19.3 Å². The van der Waals surface area contributed by atoms with Crippen LogP contribution in [0.4, 0.5) is 0 Å². The standard InChI is InChI=1S/C21H27NO5/c1-25-17-8-7-16(5-4-12-23)18(14-17)21(24)22-11-10-15-6-9-19(26-2)20(13-15)27-3/h6-9,13-14,23H,4-5,10-12H2,1-3H3,(H,22,24). The predicted octanol–water partition coefficient (Wildman–Crippen LogP) is 2.61. The minimum absolute atomic E-state index is 0.0897. The third-order valence-corrected chi connectivity index (χ3v) is 4.31.